The highest BCUT2D eigenvalue weighted by Gasteiger charge is 2.10. The Bertz CT molecular complexity index is 618. The van der Waals surface area contributed by atoms with Crippen molar-refractivity contribution in [1.29, 1.82) is 0 Å². The topological polar surface area (TPSA) is 68.0 Å². The highest BCUT2D eigenvalue weighted by molar-refractivity contribution is 9.10. The zero-order chi connectivity index (χ0) is 14.5. The summed E-state index contributed by atoms with van der Waals surface area (Å²) in [4.78, 5) is 16.3. The third-order valence-corrected chi connectivity index (χ3v) is 4.29. The van der Waals surface area contributed by atoms with Gasteiger partial charge in [0, 0.05) is 22.8 Å². The molecule has 0 fully saturated rings. The molecule has 0 saturated carbocycles. The van der Waals surface area contributed by atoms with Gasteiger partial charge in [0.05, 0.1) is 5.01 Å². The highest BCUT2D eigenvalue weighted by Crippen LogP contribution is 2.16. The average Bonchev–Trinajstić information content (AvgIpc) is 2.86. The molecule has 1 aromatic carbocycles. The van der Waals surface area contributed by atoms with Gasteiger partial charge >= 0.3 is 0 Å². The lowest BCUT2D eigenvalue weighted by Gasteiger charge is -2.07. The van der Waals surface area contributed by atoms with Crippen molar-refractivity contribution in [2.45, 2.75) is 19.9 Å². The van der Waals surface area contributed by atoms with Crippen LogP contribution in [0.15, 0.2) is 28.1 Å². The van der Waals surface area contributed by atoms with E-state index in [0.29, 0.717) is 25.2 Å². The second kappa shape index (κ2) is 8.48. The number of halogens is 2. The molecule has 0 saturated heterocycles. The number of hydrogen-bond donors (Lipinski definition) is 2. The van der Waals surface area contributed by atoms with Crippen LogP contribution in [-0.4, -0.2) is 17.4 Å². The Hall–Kier alpha value is -0.950. The molecule has 0 unspecified atom stereocenters. The van der Waals surface area contributed by atoms with Crippen LogP contribution in [0.1, 0.15) is 26.6 Å². The van der Waals surface area contributed by atoms with Gasteiger partial charge in [-0.25, -0.2) is 4.98 Å². The summed E-state index contributed by atoms with van der Waals surface area (Å²) in [5.41, 5.74) is 8.17. The molecule has 2 rings (SSSR count). The van der Waals surface area contributed by atoms with Crippen LogP contribution in [0.3, 0.4) is 0 Å². The van der Waals surface area contributed by atoms with E-state index in [9.17, 15) is 4.79 Å². The van der Waals surface area contributed by atoms with Crippen molar-refractivity contribution >= 4 is 45.6 Å². The molecular formula is C14H17BrClN3OS. The number of nitrogens with zero attached hydrogens (tertiary/aromatic N) is 1. The molecular weight excluding hydrogens is 374 g/mol. The fourth-order valence-electron chi connectivity index (χ4n) is 1.78. The van der Waals surface area contributed by atoms with Crippen molar-refractivity contribution in [1.82, 2.24) is 10.3 Å². The SMILES string of the molecule is Cc1cc(Br)ccc1CNC(=O)c1csc(CCN)n1.Cl. The molecule has 1 aromatic heterocycles. The number of hydrogen-bond acceptors (Lipinski definition) is 4. The molecule has 0 aliphatic rings. The van der Waals surface area contributed by atoms with Gasteiger partial charge in [-0.1, -0.05) is 22.0 Å². The summed E-state index contributed by atoms with van der Waals surface area (Å²) in [5.74, 6) is -0.146. The number of nitrogens with two attached hydrogens (primary N) is 1. The molecule has 21 heavy (non-hydrogen) atoms. The summed E-state index contributed by atoms with van der Waals surface area (Å²) in [6, 6.07) is 6.00. The average molecular weight is 391 g/mol. The first-order valence-corrected chi connectivity index (χ1v) is 7.95. The van der Waals surface area contributed by atoms with Crippen LogP contribution in [-0.2, 0) is 13.0 Å². The van der Waals surface area contributed by atoms with Gasteiger partial charge in [-0.15, -0.1) is 23.7 Å². The molecule has 4 nitrogen and oxygen atoms in total. The predicted octanol–water partition coefficient (Wildman–Crippen LogP) is 3.07. The smallest absolute Gasteiger partial charge is 0.271 e. The zero-order valence-electron chi connectivity index (χ0n) is 11.6. The van der Waals surface area contributed by atoms with Crippen LogP contribution in [0.5, 0.6) is 0 Å². The Kier molecular flexibility index (Phi) is 7.31. The number of amides is 1. The number of carbonyl (C=O) groups excluding carboxylic acids is 1. The van der Waals surface area contributed by atoms with E-state index >= 15 is 0 Å². The van der Waals surface area contributed by atoms with E-state index < -0.39 is 0 Å². The van der Waals surface area contributed by atoms with Gasteiger partial charge in [-0.2, -0.15) is 0 Å². The number of carbonyl (C=O) groups is 1. The van der Waals surface area contributed by atoms with Gasteiger partial charge in [0.1, 0.15) is 5.69 Å². The first-order chi connectivity index (χ1) is 9.60. The Morgan fingerprint density at radius 3 is 2.90 bits per heavy atom. The van der Waals surface area contributed by atoms with Crippen LogP contribution in [0, 0.1) is 6.92 Å². The summed E-state index contributed by atoms with van der Waals surface area (Å²) < 4.78 is 1.04. The van der Waals surface area contributed by atoms with Gasteiger partial charge in [0.2, 0.25) is 0 Å². The molecule has 0 atom stereocenters. The number of benzene rings is 1. The van der Waals surface area contributed by atoms with Crippen LogP contribution in [0.25, 0.3) is 0 Å². The zero-order valence-corrected chi connectivity index (χ0v) is 14.8. The second-order valence-electron chi connectivity index (χ2n) is 4.42. The normalized spacial score (nSPS) is 10.0. The Morgan fingerprint density at radius 1 is 1.48 bits per heavy atom. The summed E-state index contributed by atoms with van der Waals surface area (Å²) in [6.07, 6.45) is 0.712. The minimum Gasteiger partial charge on any atom is -0.347 e. The molecule has 7 heteroatoms. The van der Waals surface area contributed by atoms with Crippen LogP contribution in [0.4, 0.5) is 0 Å². The van der Waals surface area contributed by atoms with Gasteiger partial charge in [0.15, 0.2) is 0 Å². The number of aryl methyl sites for hydroxylation is 1. The number of aromatic nitrogens is 1. The van der Waals surface area contributed by atoms with Crippen LogP contribution >= 0.6 is 39.7 Å². The molecule has 0 aliphatic heterocycles. The fourth-order valence-corrected chi connectivity index (χ4v) is 3.05. The van der Waals surface area contributed by atoms with Crippen molar-refractivity contribution < 1.29 is 4.79 Å². The maximum Gasteiger partial charge on any atom is 0.271 e. The van der Waals surface area contributed by atoms with Gasteiger partial charge in [-0.05, 0) is 36.7 Å². The van der Waals surface area contributed by atoms with E-state index in [1.165, 1.54) is 11.3 Å². The summed E-state index contributed by atoms with van der Waals surface area (Å²) in [5, 5.41) is 5.56. The molecule has 0 aliphatic carbocycles. The largest absolute Gasteiger partial charge is 0.347 e. The van der Waals surface area contributed by atoms with Crippen molar-refractivity contribution in [3.63, 3.8) is 0 Å². The van der Waals surface area contributed by atoms with Crippen molar-refractivity contribution in [3.8, 4) is 0 Å². The van der Waals surface area contributed by atoms with Crippen molar-refractivity contribution in [3.05, 3.63) is 49.9 Å². The molecule has 1 amide bonds. The summed E-state index contributed by atoms with van der Waals surface area (Å²) >= 11 is 4.90. The Balaban J connectivity index is 0.00000220. The summed E-state index contributed by atoms with van der Waals surface area (Å²) in [6.45, 7) is 3.07. The Labute approximate surface area is 142 Å². The molecule has 0 spiro atoms. The van der Waals surface area contributed by atoms with E-state index in [1.807, 2.05) is 25.1 Å². The molecule has 0 radical (unpaired) electrons. The maximum absolute atomic E-state index is 12.0. The molecule has 114 valence electrons. The minimum absolute atomic E-state index is 0. The van der Waals surface area contributed by atoms with E-state index in [2.05, 4.69) is 26.2 Å². The van der Waals surface area contributed by atoms with Gasteiger partial charge < -0.3 is 11.1 Å². The van der Waals surface area contributed by atoms with Crippen LogP contribution in [0.2, 0.25) is 0 Å². The monoisotopic (exact) mass is 389 g/mol. The predicted molar refractivity (Wildman–Crippen MR) is 92.2 cm³/mol. The fraction of sp³-hybridized carbons (Fsp3) is 0.286. The quantitative estimate of drug-likeness (QED) is 0.824. The van der Waals surface area contributed by atoms with E-state index in [-0.39, 0.29) is 18.3 Å². The number of rotatable bonds is 5. The first-order valence-electron chi connectivity index (χ1n) is 6.28. The molecule has 3 N–H and O–H groups in total. The van der Waals surface area contributed by atoms with Crippen molar-refractivity contribution in [2.75, 3.05) is 6.54 Å². The third-order valence-electron chi connectivity index (χ3n) is 2.89. The molecule has 2 aromatic rings. The number of nitrogens with one attached hydrogen (secondary N) is 1. The van der Waals surface area contributed by atoms with E-state index in [0.717, 1.165) is 20.6 Å². The van der Waals surface area contributed by atoms with Gasteiger partial charge in [-0.3, -0.25) is 4.79 Å². The Morgan fingerprint density at radius 2 is 2.24 bits per heavy atom. The van der Waals surface area contributed by atoms with E-state index in [1.54, 1.807) is 5.38 Å². The lowest BCUT2D eigenvalue weighted by molar-refractivity contribution is 0.0946. The molecule has 0 bridgehead atoms. The third kappa shape index (κ3) is 5.07. The first kappa shape index (κ1) is 18.1. The lowest BCUT2D eigenvalue weighted by atomic mass is 10.1. The molecule has 1 heterocycles. The van der Waals surface area contributed by atoms with E-state index in [4.69, 9.17) is 5.73 Å². The van der Waals surface area contributed by atoms with Crippen LogP contribution < -0.4 is 11.1 Å². The lowest BCUT2D eigenvalue weighted by Crippen LogP contribution is -2.23. The highest BCUT2D eigenvalue weighted by atomic mass is 79.9. The summed E-state index contributed by atoms with van der Waals surface area (Å²) in [7, 11) is 0. The minimum atomic E-state index is -0.146. The second-order valence-corrected chi connectivity index (χ2v) is 6.28. The standard InChI is InChI=1S/C14H16BrN3OS.ClH/c1-9-6-11(15)3-2-10(9)7-17-14(19)12-8-20-13(18-12)4-5-16;/h2-3,6,8H,4-5,7,16H2,1H3,(H,17,19);1H. The van der Waals surface area contributed by atoms with Gasteiger partial charge in [0.25, 0.3) is 5.91 Å². The number of thiazole rings is 1. The maximum atomic E-state index is 12.0. The van der Waals surface area contributed by atoms with Crippen molar-refractivity contribution in [2.24, 2.45) is 5.73 Å².